The Bertz CT molecular complexity index is 523. The number of carbonyl (C=O) groups is 1. The highest BCUT2D eigenvalue weighted by Crippen LogP contribution is 2.24. The van der Waals surface area contributed by atoms with E-state index < -0.39 is 10.8 Å². The fraction of sp³-hybridized carbons (Fsp3) is 0.538. The number of nitrogens with two attached hydrogens (primary N) is 1. The van der Waals surface area contributed by atoms with Crippen molar-refractivity contribution in [3.63, 3.8) is 0 Å². The van der Waals surface area contributed by atoms with E-state index in [4.69, 9.17) is 5.73 Å². The van der Waals surface area contributed by atoms with Crippen LogP contribution < -0.4 is 11.1 Å². The molecule has 0 aromatic carbocycles. The normalized spacial score (nSPS) is 12.8. The van der Waals surface area contributed by atoms with Crippen molar-refractivity contribution in [3.8, 4) is 0 Å². The summed E-state index contributed by atoms with van der Waals surface area (Å²) in [5.41, 5.74) is 5.42. The molecule has 1 aromatic heterocycles. The summed E-state index contributed by atoms with van der Waals surface area (Å²) >= 11 is 0. The number of nitro groups is 1. The van der Waals surface area contributed by atoms with Gasteiger partial charge < -0.3 is 11.1 Å². The molecule has 1 rings (SSSR count). The molecular formula is C13H20N4O3. The van der Waals surface area contributed by atoms with Gasteiger partial charge in [-0.2, -0.15) is 0 Å². The molecule has 0 aliphatic rings. The molecule has 7 nitrogen and oxygen atoms in total. The van der Waals surface area contributed by atoms with Gasteiger partial charge in [0.05, 0.1) is 10.5 Å². The second-order valence-corrected chi connectivity index (χ2v) is 5.86. The molecule has 110 valence electrons. The third-order valence-electron chi connectivity index (χ3n) is 3.41. The van der Waals surface area contributed by atoms with E-state index in [0.717, 1.165) is 12.3 Å². The molecule has 0 spiro atoms. The number of anilines is 1. The highest BCUT2D eigenvalue weighted by molar-refractivity contribution is 5.98. The van der Waals surface area contributed by atoms with Gasteiger partial charge in [0.15, 0.2) is 0 Å². The van der Waals surface area contributed by atoms with Crippen LogP contribution in [0.4, 0.5) is 11.5 Å². The fourth-order valence-corrected chi connectivity index (χ4v) is 1.39. The molecule has 7 heteroatoms. The molecule has 1 aromatic rings. The van der Waals surface area contributed by atoms with E-state index in [1.54, 1.807) is 0 Å². The van der Waals surface area contributed by atoms with Gasteiger partial charge in [0.1, 0.15) is 12.0 Å². The van der Waals surface area contributed by atoms with E-state index >= 15 is 0 Å². The summed E-state index contributed by atoms with van der Waals surface area (Å²) in [5.74, 6) is -0.217. The number of pyridine rings is 1. The average molecular weight is 280 g/mol. The molecule has 0 saturated carbocycles. The molecule has 0 saturated heterocycles. The molecule has 1 unspecified atom stereocenters. The third kappa shape index (κ3) is 3.91. The van der Waals surface area contributed by atoms with Gasteiger partial charge in [-0.3, -0.25) is 14.9 Å². The smallest absolute Gasteiger partial charge is 0.288 e. The van der Waals surface area contributed by atoms with Gasteiger partial charge in [0, 0.05) is 12.6 Å². The van der Waals surface area contributed by atoms with E-state index in [-0.39, 0.29) is 28.4 Å². The molecule has 0 aliphatic heterocycles. The Kier molecular flexibility index (Phi) is 4.65. The summed E-state index contributed by atoms with van der Waals surface area (Å²) in [6, 6.07) is 1.14. The van der Waals surface area contributed by atoms with Crippen LogP contribution in [-0.2, 0) is 0 Å². The number of nitrogens with zero attached hydrogens (tertiary/aromatic N) is 2. The number of nitrogen functional groups attached to an aromatic ring is 1. The number of rotatable bonds is 4. The van der Waals surface area contributed by atoms with Gasteiger partial charge in [-0.15, -0.1) is 0 Å². The zero-order valence-corrected chi connectivity index (χ0v) is 12.1. The van der Waals surface area contributed by atoms with Crippen molar-refractivity contribution >= 4 is 17.4 Å². The maximum Gasteiger partial charge on any atom is 0.288 e. The van der Waals surface area contributed by atoms with Gasteiger partial charge in [0.25, 0.3) is 11.6 Å². The van der Waals surface area contributed by atoms with E-state index in [9.17, 15) is 14.9 Å². The highest BCUT2D eigenvalue weighted by atomic mass is 16.6. The van der Waals surface area contributed by atoms with Crippen LogP contribution in [0.25, 0.3) is 0 Å². The molecule has 3 N–H and O–H groups in total. The molecule has 20 heavy (non-hydrogen) atoms. The fourth-order valence-electron chi connectivity index (χ4n) is 1.39. The minimum absolute atomic E-state index is 0.0171. The lowest BCUT2D eigenvalue weighted by Crippen LogP contribution is -2.34. The second-order valence-electron chi connectivity index (χ2n) is 5.86. The largest absolute Gasteiger partial charge is 0.383 e. The lowest BCUT2D eigenvalue weighted by Gasteiger charge is -2.27. The summed E-state index contributed by atoms with van der Waals surface area (Å²) in [5, 5.41) is 13.4. The van der Waals surface area contributed by atoms with Crippen molar-refractivity contribution < 1.29 is 9.72 Å². The van der Waals surface area contributed by atoms with Crippen LogP contribution in [0, 0.1) is 21.4 Å². The number of nitrogens with one attached hydrogen (secondary N) is 1. The Morgan fingerprint density at radius 3 is 2.65 bits per heavy atom. The zero-order chi connectivity index (χ0) is 15.5. The zero-order valence-electron chi connectivity index (χ0n) is 12.1. The first-order chi connectivity index (χ1) is 9.12. The SMILES string of the molecule is CC(CNC(=O)c1cc([N+](=O)[O-])cnc1N)C(C)(C)C. The van der Waals surface area contributed by atoms with Gasteiger partial charge in [-0.05, 0) is 11.3 Å². The van der Waals surface area contributed by atoms with E-state index in [0.29, 0.717) is 6.54 Å². The first-order valence-corrected chi connectivity index (χ1v) is 6.31. The van der Waals surface area contributed by atoms with E-state index in [2.05, 4.69) is 31.1 Å². The molecule has 0 fully saturated rings. The van der Waals surface area contributed by atoms with Crippen molar-refractivity contribution in [2.45, 2.75) is 27.7 Å². The Hall–Kier alpha value is -2.18. The average Bonchev–Trinajstić information content (AvgIpc) is 2.34. The van der Waals surface area contributed by atoms with Crippen LogP contribution in [0.15, 0.2) is 12.3 Å². The summed E-state index contributed by atoms with van der Waals surface area (Å²) in [7, 11) is 0. The number of hydrogen-bond acceptors (Lipinski definition) is 5. The predicted octanol–water partition coefficient (Wildman–Crippen LogP) is 1.98. The second kappa shape index (κ2) is 5.85. The topological polar surface area (TPSA) is 111 Å². The van der Waals surface area contributed by atoms with Crippen LogP contribution in [0.3, 0.4) is 0 Å². The Labute approximate surface area is 117 Å². The maximum atomic E-state index is 12.0. The molecule has 1 amide bonds. The highest BCUT2D eigenvalue weighted by Gasteiger charge is 2.22. The first kappa shape index (κ1) is 15.9. The third-order valence-corrected chi connectivity index (χ3v) is 3.41. The quantitative estimate of drug-likeness (QED) is 0.647. The lowest BCUT2D eigenvalue weighted by atomic mass is 9.82. The minimum atomic E-state index is -0.610. The number of hydrogen-bond donors (Lipinski definition) is 2. The molecule has 0 aliphatic carbocycles. The Balaban J connectivity index is 2.83. The van der Waals surface area contributed by atoms with Crippen molar-refractivity contribution in [3.05, 3.63) is 27.9 Å². The first-order valence-electron chi connectivity index (χ1n) is 6.31. The van der Waals surface area contributed by atoms with Crippen molar-refractivity contribution in [2.75, 3.05) is 12.3 Å². The van der Waals surface area contributed by atoms with Gasteiger partial charge in [0.2, 0.25) is 0 Å². The predicted molar refractivity (Wildman–Crippen MR) is 76.3 cm³/mol. The Morgan fingerprint density at radius 2 is 2.15 bits per heavy atom. The molecular weight excluding hydrogens is 260 g/mol. The minimum Gasteiger partial charge on any atom is -0.383 e. The summed E-state index contributed by atoms with van der Waals surface area (Å²) in [4.78, 5) is 25.8. The van der Waals surface area contributed by atoms with Crippen LogP contribution in [-0.4, -0.2) is 22.4 Å². The summed E-state index contributed by atoms with van der Waals surface area (Å²) < 4.78 is 0. The standard InChI is InChI=1S/C13H20N4O3/c1-8(13(2,3)4)6-16-12(18)10-5-9(17(19)20)7-15-11(10)14/h5,7-8H,6H2,1-4H3,(H2,14,15)(H,16,18). The van der Waals surface area contributed by atoms with Crippen LogP contribution in [0.5, 0.6) is 0 Å². The molecule has 0 bridgehead atoms. The van der Waals surface area contributed by atoms with Crippen LogP contribution >= 0.6 is 0 Å². The monoisotopic (exact) mass is 280 g/mol. The van der Waals surface area contributed by atoms with Crippen molar-refractivity contribution in [1.82, 2.24) is 10.3 Å². The van der Waals surface area contributed by atoms with E-state index in [1.807, 2.05) is 6.92 Å². The van der Waals surface area contributed by atoms with Crippen LogP contribution in [0.2, 0.25) is 0 Å². The van der Waals surface area contributed by atoms with Gasteiger partial charge >= 0.3 is 0 Å². The molecule has 1 atom stereocenters. The van der Waals surface area contributed by atoms with Crippen LogP contribution in [0.1, 0.15) is 38.1 Å². The number of aromatic nitrogens is 1. The molecule has 0 radical (unpaired) electrons. The molecule has 1 heterocycles. The van der Waals surface area contributed by atoms with Gasteiger partial charge in [-0.25, -0.2) is 4.98 Å². The number of carbonyl (C=O) groups excluding carboxylic acids is 1. The Morgan fingerprint density at radius 1 is 1.55 bits per heavy atom. The maximum absolute atomic E-state index is 12.0. The van der Waals surface area contributed by atoms with Crippen molar-refractivity contribution in [1.29, 1.82) is 0 Å². The summed E-state index contributed by atoms with van der Waals surface area (Å²) in [6.45, 7) is 8.72. The number of amides is 1. The summed E-state index contributed by atoms with van der Waals surface area (Å²) in [6.07, 6.45) is 1.03. The van der Waals surface area contributed by atoms with Crippen molar-refractivity contribution in [2.24, 2.45) is 11.3 Å². The van der Waals surface area contributed by atoms with E-state index in [1.165, 1.54) is 0 Å². The van der Waals surface area contributed by atoms with Gasteiger partial charge in [-0.1, -0.05) is 27.7 Å². The lowest BCUT2D eigenvalue weighted by molar-refractivity contribution is -0.385.